The average Bonchev–Trinajstić information content (AvgIpc) is 3.03. The summed E-state index contributed by atoms with van der Waals surface area (Å²) in [5.74, 6) is 0.603. The molecule has 0 saturated carbocycles. The number of hydrogen-bond donors (Lipinski definition) is 2. The molecule has 6 heteroatoms. The highest BCUT2D eigenvalue weighted by atomic mass is 16.1. The Balaban J connectivity index is 1.64. The first kappa shape index (κ1) is 16.4. The number of carbonyl (C=O) groups is 1. The number of nitrogens with zero attached hydrogens (tertiary/aromatic N) is 2. The van der Waals surface area contributed by atoms with E-state index in [4.69, 9.17) is 0 Å². The second-order valence-corrected chi connectivity index (χ2v) is 6.08. The van der Waals surface area contributed by atoms with Crippen molar-refractivity contribution >= 4 is 5.91 Å². The quantitative estimate of drug-likeness (QED) is 0.871. The molecule has 2 aromatic rings. The zero-order valence-electron chi connectivity index (χ0n) is 14.1. The van der Waals surface area contributed by atoms with Gasteiger partial charge in [-0.05, 0) is 44.2 Å². The molecule has 2 N–H and O–H groups in total. The lowest BCUT2D eigenvalue weighted by Gasteiger charge is -2.09. The number of pyridine rings is 1. The Labute approximate surface area is 140 Å². The first-order chi connectivity index (χ1) is 11.6. The molecule has 2 aromatic heterocycles. The number of H-pyrrole nitrogens is 1. The second-order valence-electron chi connectivity index (χ2n) is 6.08. The molecule has 24 heavy (non-hydrogen) atoms. The van der Waals surface area contributed by atoms with Gasteiger partial charge in [-0.15, -0.1) is 0 Å². The van der Waals surface area contributed by atoms with Crippen molar-refractivity contribution in [2.75, 3.05) is 6.54 Å². The maximum absolute atomic E-state index is 12.3. The van der Waals surface area contributed by atoms with Crippen LogP contribution in [0.2, 0.25) is 0 Å². The van der Waals surface area contributed by atoms with Crippen LogP contribution < -0.4 is 10.9 Å². The molecule has 126 valence electrons. The van der Waals surface area contributed by atoms with E-state index in [0.29, 0.717) is 30.6 Å². The van der Waals surface area contributed by atoms with E-state index in [1.807, 2.05) is 13.8 Å². The van der Waals surface area contributed by atoms with Gasteiger partial charge in [0.05, 0.1) is 5.56 Å². The molecule has 0 atom stereocenters. The summed E-state index contributed by atoms with van der Waals surface area (Å²) in [7, 11) is 0. The smallest absolute Gasteiger partial charge is 0.253 e. The molecular weight excluding hydrogens is 304 g/mol. The maximum Gasteiger partial charge on any atom is 0.253 e. The van der Waals surface area contributed by atoms with Gasteiger partial charge in [0.1, 0.15) is 5.82 Å². The number of nitrogens with one attached hydrogen (secondary N) is 2. The van der Waals surface area contributed by atoms with E-state index in [9.17, 15) is 9.59 Å². The van der Waals surface area contributed by atoms with Crippen molar-refractivity contribution in [2.45, 2.75) is 46.0 Å². The minimum absolute atomic E-state index is 0.180. The van der Waals surface area contributed by atoms with Crippen LogP contribution in [0, 0.1) is 6.92 Å². The largest absolute Gasteiger partial charge is 0.352 e. The van der Waals surface area contributed by atoms with Crippen LogP contribution in [0.3, 0.4) is 0 Å². The Kier molecular flexibility index (Phi) is 4.74. The molecule has 0 aliphatic heterocycles. The normalized spacial score (nSPS) is 12.9. The standard InChI is InChI=1S/C18H22N4O2/c1-3-14-13(7-8-17(23)22-14)18(24)19-10-9-16-20-11(2)12-5-4-6-15(12)21-16/h7-8H,3-6,9-10H2,1-2H3,(H,19,24)(H,22,23). The zero-order chi connectivity index (χ0) is 17.1. The summed E-state index contributed by atoms with van der Waals surface area (Å²) in [4.78, 5) is 35.5. The third-order valence-electron chi connectivity index (χ3n) is 4.42. The van der Waals surface area contributed by atoms with Crippen molar-refractivity contribution < 1.29 is 4.79 Å². The van der Waals surface area contributed by atoms with Crippen LogP contribution in [0.15, 0.2) is 16.9 Å². The van der Waals surface area contributed by atoms with E-state index in [1.165, 1.54) is 11.6 Å². The minimum atomic E-state index is -0.189. The Morgan fingerprint density at radius 1 is 1.29 bits per heavy atom. The van der Waals surface area contributed by atoms with E-state index in [-0.39, 0.29) is 11.5 Å². The number of aryl methyl sites for hydroxylation is 3. The number of aromatic nitrogens is 3. The number of aromatic amines is 1. The lowest BCUT2D eigenvalue weighted by Crippen LogP contribution is -2.28. The monoisotopic (exact) mass is 326 g/mol. The van der Waals surface area contributed by atoms with Gasteiger partial charge < -0.3 is 10.3 Å². The molecule has 0 fully saturated rings. The fourth-order valence-corrected chi connectivity index (χ4v) is 3.19. The van der Waals surface area contributed by atoms with Crippen molar-refractivity contribution in [2.24, 2.45) is 0 Å². The van der Waals surface area contributed by atoms with Crippen molar-refractivity contribution in [1.29, 1.82) is 0 Å². The van der Waals surface area contributed by atoms with E-state index in [0.717, 1.165) is 36.5 Å². The first-order valence-corrected chi connectivity index (χ1v) is 8.44. The topological polar surface area (TPSA) is 87.7 Å². The Hall–Kier alpha value is -2.50. The molecule has 0 radical (unpaired) electrons. The molecule has 1 aliphatic rings. The van der Waals surface area contributed by atoms with Gasteiger partial charge in [0.15, 0.2) is 0 Å². The SMILES string of the molecule is CCc1[nH]c(=O)ccc1C(=O)NCCc1nc(C)c2c(n1)CCC2. The zero-order valence-corrected chi connectivity index (χ0v) is 14.1. The molecule has 0 unspecified atom stereocenters. The van der Waals surface area contributed by atoms with E-state index in [2.05, 4.69) is 20.3 Å². The van der Waals surface area contributed by atoms with Crippen LogP contribution in [0.1, 0.15) is 52.2 Å². The van der Waals surface area contributed by atoms with Crippen molar-refractivity contribution in [3.05, 3.63) is 56.5 Å². The number of rotatable bonds is 5. The van der Waals surface area contributed by atoms with Crippen molar-refractivity contribution in [1.82, 2.24) is 20.3 Å². The minimum Gasteiger partial charge on any atom is -0.352 e. The highest BCUT2D eigenvalue weighted by molar-refractivity contribution is 5.95. The lowest BCUT2D eigenvalue weighted by atomic mass is 10.1. The average molecular weight is 326 g/mol. The Morgan fingerprint density at radius 3 is 2.92 bits per heavy atom. The lowest BCUT2D eigenvalue weighted by molar-refractivity contribution is 0.0952. The molecule has 3 rings (SSSR count). The summed E-state index contributed by atoms with van der Waals surface area (Å²) in [6.07, 6.45) is 4.45. The third kappa shape index (κ3) is 3.37. The van der Waals surface area contributed by atoms with E-state index < -0.39 is 0 Å². The predicted octanol–water partition coefficient (Wildman–Crippen LogP) is 1.50. The predicted molar refractivity (Wildman–Crippen MR) is 91.3 cm³/mol. The van der Waals surface area contributed by atoms with E-state index in [1.54, 1.807) is 6.07 Å². The molecule has 0 bridgehead atoms. The van der Waals surface area contributed by atoms with Gasteiger partial charge in [-0.1, -0.05) is 6.92 Å². The molecule has 0 saturated heterocycles. The van der Waals surface area contributed by atoms with E-state index >= 15 is 0 Å². The highest BCUT2D eigenvalue weighted by Gasteiger charge is 2.17. The summed E-state index contributed by atoms with van der Waals surface area (Å²) < 4.78 is 0. The van der Waals surface area contributed by atoms with Gasteiger partial charge in [0.25, 0.3) is 5.91 Å². The molecule has 1 amide bonds. The summed E-state index contributed by atoms with van der Waals surface area (Å²) in [6.45, 7) is 4.41. The fraction of sp³-hybridized carbons (Fsp3) is 0.444. The van der Waals surface area contributed by atoms with Gasteiger partial charge >= 0.3 is 0 Å². The molecule has 0 spiro atoms. The number of carbonyl (C=O) groups excluding carboxylic acids is 1. The van der Waals surface area contributed by atoms with Crippen LogP contribution in [0.25, 0.3) is 0 Å². The Bertz CT molecular complexity index is 826. The fourth-order valence-electron chi connectivity index (χ4n) is 3.19. The van der Waals surface area contributed by atoms with Gasteiger partial charge in [0.2, 0.25) is 5.56 Å². The summed E-state index contributed by atoms with van der Waals surface area (Å²) in [5, 5.41) is 2.89. The summed E-state index contributed by atoms with van der Waals surface area (Å²) in [5.41, 5.74) is 4.51. The molecule has 1 aliphatic carbocycles. The van der Waals surface area contributed by atoms with Crippen molar-refractivity contribution in [3.63, 3.8) is 0 Å². The number of hydrogen-bond acceptors (Lipinski definition) is 4. The summed E-state index contributed by atoms with van der Waals surface area (Å²) >= 11 is 0. The number of fused-ring (bicyclic) bond motifs is 1. The molecule has 2 heterocycles. The first-order valence-electron chi connectivity index (χ1n) is 8.44. The van der Waals surface area contributed by atoms with Crippen LogP contribution in [0.5, 0.6) is 0 Å². The van der Waals surface area contributed by atoms with Gasteiger partial charge in [0, 0.05) is 36.1 Å². The van der Waals surface area contributed by atoms with Crippen molar-refractivity contribution in [3.8, 4) is 0 Å². The molecular formula is C18H22N4O2. The maximum atomic E-state index is 12.3. The van der Waals surface area contributed by atoms with Crippen LogP contribution in [-0.2, 0) is 25.7 Å². The number of amides is 1. The van der Waals surface area contributed by atoms with Crippen LogP contribution in [0.4, 0.5) is 0 Å². The second kappa shape index (κ2) is 6.95. The van der Waals surface area contributed by atoms with Gasteiger partial charge in [-0.25, -0.2) is 9.97 Å². The third-order valence-corrected chi connectivity index (χ3v) is 4.42. The summed E-state index contributed by atoms with van der Waals surface area (Å²) in [6, 6.07) is 2.95. The van der Waals surface area contributed by atoms with Crippen LogP contribution in [-0.4, -0.2) is 27.4 Å². The molecule has 6 nitrogen and oxygen atoms in total. The van der Waals surface area contributed by atoms with Gasteiger partial charge in [-0.2, -0.15) is 0 Å². The Morgan fingerprint density at radius 2 is 2.12 bits per heavy atom. The van der Waals surface area contributed by atoms with Gasteiger partial charge in [-0.3, -0.25) is 9.59 Å². The molecule has 0 aromatic carbocycles. The van der Waals surface area contributed by atoms with Crippen LogP contribution >= 0.6 is 0 Å². The highest BCUT2D eigenvalue weighted by Crippen LogP contribution is 2.22.